The average Bonchev–Trinajstić information content (AvgIpc) is 3.23. The summed E-state index contributed by atoms with van der Waals surface area (Å²) in [4.78, 5) is 7.19. The lowest BCUT2D eigenvalue weighted by molar-refractivity contribution is 0.180. The first-order valence-electron chi connectivity index (χ1n) is 10.4. The Balaban J connectivity index is 1.29. The van der Waals surface area contributed by atoms with Crippen LogP contribution in [0, 0.1) is 19.7 Å². The fourth-order valence-electron chi connectivity index (χ4n) is 3.54. The van der Waals surface area contributed by atoms with Crippen molar-refractivity contribution < 1.29 is 17.5 Å². The third kappa shape index (κ3) is 5.35. The van der Waals surface area contributed by atoms with Crippen LogP contribution >= 0.6 is 11.3 Å². The van der Waals surface area contributed by atoms with Crippen LogP contribution in [0.4, 0.5) is 4.39 Å². The number of aromatic nitrogens is 1. The van der Waals surface area contributed by atoms with Crippen molar-refractivity contribution in [2.24, 2.45) is 0 Å². The molecule has 6 nitrogen and oxygen atoms in total. The molecule has 0 radical (unpaired) electrons. The molecule has 1 aliphatic rings. The van der Waals surface area contributed by atoms with E-state index in [2.05, 4.69) is 9.88 Å². The van der Waals surface area contributed by atoms with Gasteiger partial charge in [0.05, 0.1) is 10.6 Å². The van der Waals surface area contributed by atoms with E-state index < -0.39 is 10.0 Å². The topological polar surface area (TPSA) is 62.7 Å². The molecule has 4 rings (SSSR count). The van der Waals surface area contributed by atoms with Gasteiger partial charge < -0.3 is 4.74 Å². The molecule has 0 aliphatic carbocycles. The van der Waals surface area contributed by atoms with E-state index in [0.29, 0.717) is 50.0 Å². The van der Waals surface area contributed by atoms with E-state index in [-0.39, 0.29) is 5.82 Å². The molecule has 1 aliphatic heterocycles. The molecule has 0 atom stereocenters. The SMILES string of the molecule is Cc1ccc(S(=O)(=O)N2CCN(Cc3csc(COc4ccc(F)cc4)n3)CC2)cc1C. The number of piperazine rings is 1. The van der Waals surface area contributed by atoms with Gasteiger partial charge in [0.15, 0.2) is 0 Å². The summed E-state index contributed by atoms with van der Waals surface area (Å²) in [5.74, 6) is 0.306. The van der Waals surface area contributed by atoms with E-state index in [0.717, 1.165) is 21.8 Å². The zero-order valence-electron chi connectivity index (χ0n) is 18.1. The van der Waals surface area contributed by atoms with Crippen LogP contribution in [-0.4, -0.2) is 48.8 Å². The van der Waals surface area contributed by atoms with Crippen molar-refractivity contribution in [2.75, 3.05) is 26.2 Å². The van der Waals surface area contributed by atoms with Gasteiger partial charge in [0.2, 0.25) is 10.0 Å². The first-order valence-corrected chi connectivity index (χ1v) is 12.7. The second-order valence-electron chi connectivity index (χ2n) is 7.90. The normalized spacial score (nSPS) is 15.7. The molecule has 1 fully saturated rings. The van der Waals surface area contributed by atoms with Gasteiger partial charge in [-0.1, -0.05) is 6.07 Å². The molecule has 9 heteroatoms. The molecule has 170 valence electrons. The predicted molar refractivity (Wildman–Crippen MR) is 123 cm³/mol. The summed E-state index contributed by atoms with van der Waals surface area (Å²) in [7, 11) is -3.48. The standard InChI is InChI=1S/C23H26FN3O3S2/c1-17-3-8-22(13-18(17)2)32(28,29)27-11-9-26(10-12-27)14-20-16-31-23(25-20)15-30-21-6-4-19(24)5-7-21/h3-8,13,16H,9-12,14-15H2,1-2H3. The zero-order valence-corrected chi connectivity index (χ0v) is 19.8. The maximum absolute atomic E-state index is 13.0. The van der Waals surface area contributed by atoms with Crippen LogP contribution in [0.3, 0.4) is 0 Å². The lowest BCUT2D eigenvalue weighted by Crippen LogP contribution is -2.48. The third-order valence-corrected chi connectivity index (χ3v) is 8.37. The molecule has 0 unspecified atom stereocenters. The highest BCUT2D eigenvalue weighted by Gasteiger charge is 2.28. The van der Waals surface area contributed by atoms with E-state index in [1.807, 2.05) is 25.3 Å². The van der Waals surface area contributed by atoms with E-state index in [9.17, 15) is 12.8 Å². The van der Waals surface area contributed by atoms with E-state index in [4.69, 9.17) is 4.74 Å². The Labute approximate surface area is 192 Å². The van der Waals surface area contributed by atoms with Crippen LogP contribution in [0.5, 0.6) is 5.75 Å². The number of sulfonamides is 1. The lowest BCUT2D eigenvalue weighted by Gasteiger charge is -2.33. The number of rotatable bonds is 7. The third-order valence-electron chi connectivity index (χ3n) is 5.61. The molecule has 0 spiro atoms. The minimum Gasteiger partial charge on any atom is -0.486 e. The van der Waals surface area contributed by atoms with Crippen LogP contribution in [-0.2, 0) is 23.2 Å². The van der Waals surface area contributed by atoms with Crippen LogP contribution < -0.4 is 4.74 Å². The quantitative estimate of drug-likeness (QED) is 0.517. The average molecular weight is 476 g/mol. The number of ether oxygens (including phenoxy) is 1. The number of aryl methyl sites for hydroxylation is 2. The Morgan fingerprint density at radius 1 is 1.03 bits per heavy atom. The maximum atomic E-state index is 13.0. The molecular weight excluding hydrogens is 449 g/mol. The van der Waals surface area contributed by atoms with E-state index in [1.165, 1.54) is 23.5 Å². The van der Waals surface area contributed by atoms with Gasteiger partial charge in [-0.3, -0.25) is 4.90 Å². The first-order chi connectivity index (χ1) is 15.3. The van der Waals surface area contributed by atoms with E-state index in [1.54, 1.807) is 28.6 Å². The molecule has 0 saturated carbocycles. The highest BCUT2D eigenvalue weighted by atomic mass is 32.2. The lowest BCUT2D eigenvalue weighted by atomic mass is 10.1. The van der Waals surface area contributed by atoms with Gasteiger partial charge in [0.1, 0.15) is 23.2 Å². The monoisotopic (exact) mass is 475 g/mol. The van der Waals surface area contributed by atoms with Crippen molar-refractivity contribution in [3.8, 4) is 5.75 Å². The number of hydrogen-bond acceptors (Lipinski definition) is 6. The van der Waals surface area contributed by atoms with Crippen molar-refractivity contribution >= 4 is 21.4 Å². The smallest absolute Gasteiger partial charge is 0.243 e. The van der Waals surface area contributed by atoms with Gasteiger partial charge in [0.25, 0.3) is 0 Å². The maximum Gasteiger partial charge on any atom is 0.243 e. The summed E-state index contributed by atoms with van der Waals surface area (Å²) in [6.45, 7) is 7.14. The largest absolute Gasteiger partial charge is 0.486 e. The zero-order chi connectivity index (χ0) is 22.7. The summed E-state index contributed by atoms with van der Waals surface area (Å²) < 4.78 is 46.2. The van der Waals surface area contributed by atoms with Gasteiger partial charge in [-0.05, 0) is 61.4 Å². The molecule has 3 aromatic rings. The Hall–Kier alpha value is -2.33. The number of thiazole rings is 1. The van der Waals surface area contributed by atoms with Crippen molar-refractivity contribution in [3.63, 3.8) is 0 Å². The Morgan fingerprint density at radius 3 is 2.44 bits per heavy atom. The first kappa shape index (κ1) is 22.8. The van der Waals surface area contributed by atoms with Crippen molar-refractivity contribution in [2.45, 2.75) is 31.9 Å². The minimum absolute atomic E-state index is 0.296. The molecular formula is C23H26FN3O3S2. The van der Waals surface area contributed by atoms with Crippen LogP contribution in [0.1, 0.15) is 21.8 Å². The fraction of sp³-hybridized carbons (Fsp3) is 0.348. The second kappa shape index (κ2) is 9.66. The Morgan fingerprint density at radius 2 is 1.75 bits per heavy atom. The van der Waals surface area contributed by atoms with Crippen LogP contribution in [0.2, 0.25) is 0 Å². The van der Waals surface area contributed by atoms with Gasteiger partial charge >= 0.3 is 0 Å². The van der Waals surface area contributed by atoms with Crippen molar-refractivity contribution in [3.05, 3.63) is 75.5 Å². The summed E-state index contributed by atoms with van der Waals surface area (Å²) in [5.41, 5.74) is 3.00. The summed E-state index contributed by atoms with van der Waals surface area (Å²) in [5, 5.41) is 2.85. The molecule has 32 heavy (non-hydrogen) atoms. The van der Waals surface area contributed by atoms with Crippen LogP contribution in [0.15, 0.2) is 52.7 Å². The molecule has 0 N–H and O–H groups in total. The molecule has 2 heterocycles. The second-order valence-corrected chi connectivity index (χ2v) is 10.8. The highest BCUT2D eigenvalue weighted by Crippen LogP contribution is 2.22. The van der Waals surface area contributed by atoms with Crippen LogP contribution in [0.25, 0.3) is 0 Å². The van der Waals surface area contributed by atoms with Gasteiger partial charge in [-0.15, -0.1) is 11.3 Å². The summed E-state index contributed by atoms with van der Waals surface area (Å²) >= 11 is 1.52. The molecule has 1 saturated heterocycles. The van der Waals surface area contributed by atoms with Crippen molar-refractivity contribution in [1.82, 2.24) is 14.2 Å². The number of hydrogen-bond donors (Lipinski definition) is 0. The minimum atomic E-state index is -3.48. The summed E-state index contributed by atoms with van der Waals surface area (Å²) in [6, 6.07) is 11.2. The Kier molecular flexibility index (Phi) is 6.90. The molecule has 0 bridgehead atoms. The van der Waals surface area contributed by atoms with E-state index >= 15 is 0 Å². The number of benzene rings is 2. The number of halogens is 1. The highest BCUT2D eigenvalue weighted by molar-refractivity contribution is 7.89. The predicted octanol–water partition coefficient (Wildman–Crippen LogP) is 3.98. The molecule has 2 aromatic carbocycles. The summed E-state index contributed by atoms with van der Waals surface area (Å²) in [6.07, 6.45) is 0. The van der Waals surface area contributed by atoms with Gasteiger partial charge in [-0.2, -0.15) is 4.31 Å². The fourth-order valence-corrected chi connectivity index (χ4v) is 5.75. The molecule has 0 amide bonds. The Bertz CT molecular complexity index is 1170. The molecule has 1 aromatic heterocycles. The van der Waals surface area contributed by atoms with Crippen molar-refractivity contribution in [1.29, 1.82) is 0 Å². The van der Waals surface area contributed by atoms with Gasteiger partial charge in [0, 0.05) is 38.1 Å². The number of nitrogens with zero attached hydrogens (tertiary/aromatic N) is 3. The van der Waals surface area contributed by atoms with Gasteiger partial charge in [-0.25, -0.2) is 17.8 Å².